The fourth-order valence-electron chi connectivity index (χ4n) is 2.77. The summed E-state index contributed by atoms with van der Waals surface area (Å²) >= 11 is 0. The quantitative estimate of drug-likeness (QED) is 0.822. The van der Waals surface area contributed by atoms with Crippen LogP contribution in [-0.2, 0) is 4.79 Å². The molecule has 0 saturated carbocycles. The van der Waals surface area contributed by atoms with E-state index >= 15 is 0 Å². The number of hydrogen-bond acceptors (Lipinski definition) is 5. The van der Waals surface area contributed by atoms with E-state index in [1.807, 2.05) is 24.4 Å². The van der Waals surface area contributed by atoms with Crippen LogP contribution in [0.25, 0.3) is 0 Å². The van der Waals surface area contributed by atoms with Gasteiger partial charge in [-0.05, 0) is 36.4 Å². The first kappa shape index (κ1) is 16.3. The van der Waals surface area contributed by atoms with E-state index in [1.54, 1.807) is 24.3 Å². The Kier molecular flexibility index (Phi) is 5.28. The van der Waals surface area contributed by atoms with Gasteiger partial charge in [-0.25, -0.2) is 4.98 Å². The Morgan fingerprint density at radius 3 is 2.50 bits per heavy atom. The lowest BCUT2D eigenvalue weighted by Crippen LogP contribution is -2.47. The Morgan fingerprint density at radius 2 is 1.83 bits per heavy atom. The molecule has 2 N–H and O–H groups in total. The maximum absolute atomic E-state index is 12.0. The van der Waals surface area contributed by atoms with E-state index in [0.717, 1.165) is 38.5 Å². The highest BCUT2D eigenvalue weighted by Crippen LogP contribution is 2.15. The number of nitrogens with one attached hydrogen (secondary N) is 1. The number of hydrogen-bond donors (Lipinski definition) is 2. The van der Waals surface area contributed by atoms with Gasteiger partial charge in [0, 0.05) is 51.0 Å². The van der Waals surface area contributed by atoms with Gasteiger partial charge < -0.3 is 15.3 Å². The van der Waals surface area contributed by atoms with Crippen LogP contribution in [0.2, 0.25) is 0 Å². The van der Waals surface area contributed by atoms with Crippen LogP contribution in [0.1, 0.15) is 6.42 Å². The monoisotopic (exact) mass is 326 g/mol. The van der Waals surface area contributed by atoms with E-state index in [9.17, 15) is 9.90 Å². The van der Waals surface area contributed by atoms with Crippen LogP contribution in [0.5, 0.6) is 5.75 Å². The van der Waals surface area contributed by atoms with Crippen molar-refractivity contribution in [2.45, 2.75) is 6.42 Å². The number of piperazine rings is 1. The standard InChI is InChI=1S/C18H22N4O2/c23-16-6-4-15(5-7-16)20-18(24)8-10-21-11-13-22(14-12-21)17-3-1-2-9-19-17/h1-7,9,23H,8,10-14H2,(H,20,24). The molecule has 1 amide bonds. The number of aromatic nitrogens is 1. The van der Waals surface area contributed by atoms with Crippen molar-refractivity contribution in [3.05, 3.63) is 48.7 Å². The number of rotatable bonds is 5. The highest BCUT2D eigenvalue weighted by atomic mass is 16.3. The Hall–Kier alpha value is -2.60. The van der Waals surface area contributed by atoms with Crippen molar-refractivity contribution in [2.75, 3.05) is 42.9 Å². The number of phenolic OH excluding ortho intramolecular Hbond substituents is 1. The number of benzene rings is 1. The molecule has 0 radical (unpaired) electrons. The van der Waals surface area contributed by atoms with E-state index in [2.05, 4.69) is 20.1 Å². The molecule has 3 rings (SSSR count). The molecule has 1 saturated heterocycles. The zero-order valence-corrected chi connectivity index (χ0v) is 13.6. The summed E-state index contributed by atoms with van der Waals surface area (Å²) in [4.78, 5) is 21.0. The minimum atomic E-state index is -0.00662. The molecule has 0 bridgehead atoms. The van der Waals surface area contributed by atoms with Crippen molar-refractivity contribution in [3.8, 4) is 5.75 Å². The summed E-state index contributed by atoms with van der Waals surface area (Å²) in [7, 11) is 0. The average Bonchev–Trinajstić information content (AvgIpc) is 2.63. The first-order chi connectivity index (χ1) is 11.7. The second-order valence-electron chi connectivity index (χ2n) is 5.86. The van der Waals surface area contributed by atoms with Crippen LogP contribution in [0.3, 0.4) is 0 Å². The highest BCUT2D eigenvalue weighted by Gasteiger charge is 2.18. The summed E-state index contributed by atoms with van der Waals surface area (Å²) in [5, 5.41) is 12.1. The van der Waals surface area contributed by atoms with Crippen molar-refractivity contribution in [3.63, 3.8) is 0 Å². The van der Waals surface area contributed by atoms with E-state index in [4.69, 9.17) is 0 Å². The average molecular weight is 326 g/mol. The smallest absolute Gasteiger partial charge is 0.225 e. The van der Waals surface area contributed by atoms with E-state index in [0.29, 0.717) is 12.1 Å². The van der Waals surface area contributed by atoms with Crippen LogP contribution in [0.4, 0.5) is 11.5 Å². The Labute approximate surface area is 141 Å². The highest BCUT2D eigenvalue weighted by molar-refractivity contribution is 5.90. The number of anilines is 2. The Balaban J connectivity index is 1.40. The number of aromatic hydroxyl groups is 1. The number of pyridine rings is 1. The van der Waals surface area contributed by atoms with Crippen LogP contribution in [0, 0.1) is 0 Å². The molecule has 1 aliphatic heterocycles. The summed E-state index contributed by atoms with van der Waals surface area (Å²) < 4.78 is 0. The van der Waals surface area contributed by atoms with Gasteiger partial charge in [-0.3, -0.25) is 9.69 Å². The summed E-state index contributed by atoms with van der Waals surface area (Å²) in [6.45, 7) is 4.47. The number of carbonyl (C=O) groups excluding carboxylic acids is 1. The molecule has 0 spiro atoms. The van der Waals surface area contributed by atoms with Gasteiger partial charge in [0.1, 0.15) is 11.6 Å². The fourth-order valence-corrected chi connectivity index (χ4v) is 2.77. The van der Waals surface area contributed by atoms with Gasteiger partial charge in [0.2, 0.25) is 5.91 Å². The molecule has 2 aromatic rings. The minimum Gasteiger partial charge on any atom is -0.508 e. The van der Waals surface area contributed by atoms with Crippen molar-refractivity contribution in [1.29, 1.82) is 0 Å². The Bertz CT molecular complexity index is 652. The van der Waals surface area contributed by atoms with Crippen molar-refractivity contribution < 1.29 is 9.90 Å². The SMILES string of the molecule is O=C(CCN1CCN(c2ccccn2)CC1)Nc1ccc(O)cc1. The van der Waals surface area contributed by atoms with Crippen molar-refractivity contribution in [2.24, 2.45) is 0 Å². The molecule has 24 heavy (non-hydrogen) atoms. The van der Waals surface area contributed by atoms with Gasteiger partial charge in [-0.15, -0.1) is 0 Å². The first-order valence-corrected chi connectivity index (χ1v) is 8.18. The molecule has 0 unspecified atom stereocenters. The largest absolute Gasteiger partial charge is 0.508 e. The summed E-state index contributed by atoms with van der Waals surface area (Å²) in [6, 6.07) is 12.5. The van der Waals surface area contributed by atoms with E-state index in [-0.39, 0.29) is 11.7 Å². The molecular weight excluding hydrogens is 304 g/mol. The number of nitrogens with zero attached hydrogens (tertiary/aromatic N) is 3. The van der Waals surface area contributed by atoms with Crippen LogP contribution >= 0.6 is 0 Å². The lowest BCUT2D eigenvalue weighted by molar-refractivity contribution is -0.116. The van der Waals surface area contributed by atoms with Crippen LogP contribution in [0.15, 0.2) is 48.7 Å². The summed E-state index contributed by atoms with van der Waals surface area (Å²) in [5.74, 6) is 1.20. The normalized spacial score (nSPS) is 15.2. The molecule has 1 aromatic carbocycles. The van der Waals surface area contributed by atoms with Gasteiger partial charge in [-0.1, -0.05) is 6.07 Å². The Morgan fingerprint density at radius 1 is 1.08 bits per heavy atom. The number of phenols is 1. The van der Waals surface area contributed by atoms with E-state index in [1.165, 1.54) is 0 Å². The third-order valence-electron chi connectivity index (χ3n) is 4.15. The summed E-state index contributed by atoms with van der Waals surface area (Å²) in [5.41, 5.74) is 0.706. The molecule has 1 fully saturated rings. The molecule has 126 valence electrons. The van der Waals surface area contributed by atoms with Gasteiger partial charge in [-0.2, -0.15) is 0 Å². The lowest BCUT2D eigenvalue weighted by atomic mass is 10.2. The third kappa shape index (κ3) is 4.45. The van der Waals surface area contributed by atoms with Crippen LogP contribution in [-0.4, -0.2) is 53.6 Å². The minimum absolute atomic E-state index is 0.00662. The van der Waals surface area contributed by atoms with Gasteiger partial charge in [0.15, 0.2) is 0 Å². The predicted molar refractivity (Wildman–Crippen MR) is 94.2 cm³/mol. The second-order valence-corrected chi connectivity index (χ2v) is 5.86. The number of carbonyl (C=O) groups is 1. The van der Waals surface area contributed by atoms with Crippen molar-refractivity contribution >= 4 is 17.4 Å². The predicted octanol–water partition coefficient (Wildman–Crippen LogP) is 1.94. The third-order valence-corrected chi connectivity index (χ3v) is 4.15. The zero-order valence-electron chi connectivity index (χ0n) is 13.6. The zero-order chi connectivity index (χ0) is 16.8. The fraction of sp³-hybridized carbons (Fsp3) is 0.333. The lowest BCUT2D eigenvalue weighted by Gasteiger charge is -2.35. The second kappa shape index (κ2) is 7.79. The van der Waals surface area contributed by atoms with Gasteiger partial charge in [0.25, 0.3) is 0 Å². The topological polar surface area (TPSA) is 68.7 Å². The van der Waals surface area contributed by atoms with Crippen molar-refractivity contribution in [1.82, 2.24) is 9.88 Å². The molecule has 0 aliphatic carbocycles. The molecule has 1 aliphatic rings. The van der Waals surface area contributed by atoms with E-state index < -0.39 is 0 Å². The van der Waals surface area contributed by atoms with Gasteiger partial charge in [0.05, 0.1) is 0 Å². The maximum atomic E-state index is 12.0. The molecule has 6 heteroatoms. The molecule has 1 aromatic heterocycles. The summed E-state index contributed by atoms with van der Waals surface area (Å²) in [6.07, 6.45) is 2.28. The number of amides is 1. The molecule has 6 nitrogen and oxygen atoms in total. The van der Waals surface area contributed by atoms with Crippen LogP contribution < -0.4 is 10.2 Å². The first-order valence-electron chi connectivity index (χ1n) is 8.18. The van der Waals surface area contributed by atoms with Gasteiger partial charge >= 0.3 is 0 Å². The molecular formula is C18H22N4O2. The molecule has 2 heterocycles. The maximum Gasteiger partial charge on any atom is 0.225 e. The molecule has 0 atom stereocenters.